The Morgan fingerprint density at radius 1 is 0.833 bits per heavy atom. The van der Waals surface area contributed by atoms with Gasteiger partial charge in [0, 0.05) is 0 Å². The fourth-order valence-electron chi connectivity index (χ4n) is 4.65. The van der Waals surface area contributed by atoms with Gasteiger partial charge in [0.15, 0.2) is 0 Å². The second-order valence-corrected chi connectivity index (χ2v) is 22.1. The van der Waals surface area contributed by atoms with Crippen molar-refractivity contribution in [3.8, 4) is 5.75 Å². The first kappa shape index (κ1) is 25.3. The quantitative estimate of drug-likeness (QED) is 0.144. The molecule has 0 amide bonds. The minimum atomic E-state index is -2.35. The van der Waals surface area contributed by atoms with Crippen molar-refractivity contribution in [1.82, 2.24) is 4.57 Å². The van der Waals surface area contributed by atoms with Gasteiger partial charge in [-0.3, -0.25) is 0 Å². The summed E-state index contributed by atoms with van der Waals surface area (Å²) in [4.78, 5) is 0. The summed E-state index contributed by atoms with van der Waals surface area (Å²) in [5.41, 5.74) is 0. The topological polar surface area (TPSA) is 18.0 Å². The van der Waals surface area contributed by atoms with Crippen LogP contribution < -0.4 is 12.9 Å². The zero-order chi connectivity index (χ0) is 21.7. The van der Waals surface area contributed by atoms with E-state index in [-0.39, 0.29) is 0 Å². The predicted octanol–water partition coefficient (Wildman–Crippen LogP) is 6.32. The number of aryl methyl sites for hydroxylation is 2. The van der Waals surface area contributed by atoms with Gasteiger partial charge in [0.2, 0.25) is 0 Å². The Bertz CT molecular complexity index is 687. The Kier molecular flexibility index (Phi) is 11.9. The van der Waals surface area contributed by atoms with Crippen LogP contribution in [0.3, 0.4) is 0 Å². The van der Waals surface area contributed by atoms with Crippen molar-refractivity contribution in [2.75, 3.05) is 7.11 Å². The third-order valence-electron chi connectivity index (χ3n) is 6.65. The molecular weight excluding hydrogens is 475 g/mol. The Balaban J connectivity index is 1.93. The summed E-state index contributed by atoms with van der Waals surface area (Å²) in [6, 6.07) is 9.27. The maximum absolute atomic E-state index is 5.43. The molecule has 4 heteroatoms. The number of aromatic nitrogens is 2. The molecule has 0 aliphatic rings. The van der Waals surface area contributed by atoms with E-state index in [1.54, 1.807) is 10.7 Å². The number of unbranched alkanes of at least 4 members (excludes halogenated alkanes) is 5. The number of hydrogen-bond acceptors (Lipinski definition) is 1. The van der Waals surface area contributed by atoms with Crippen LogP contribution in [0.2, 0.25) is 13.3 Å². The molecule has 0 aliphatic heterocycles. The van der Waals surface area contributed by atoms with Gasteiger partial charge in [0.25, 0.3) is 0 Å². The molecule has 0 atom stereocenters. The number of imidazole rings is 1. The van der Waals surface area contributed by atoms with Crippen molar-refractivity contribution in [3.05, 3.63) is 43.0 Å². The fourth-order valence-corrected chi connectivity index (χ4v) is 20.3. The van der Waals surface area contributed by atoms with Crippen LogP contribution in [-0.4, -0.2) is 30.1 Å². The number of methoxy groups -OCH3 is 1. The third kappa shape index (κ3) is 7.94. The van der Waals surface area contributed by atoms with Crippen molar-refractivity contribution in [3.63, 3.8) is 0 Å². The summed E-state index contributed by atoms with van der Waals surface area (Å²) in [6.45, 7) is 9.12. The Morgan fingerprint density at radius 3 is 2.03 bits per heavy atom. The number of ether oxygens (including phenoxy) is 1. The van der Waals surface area contributed by atoms with E-state index in [2.05, 4.69) is 72.9 Å². The van der Waals surface area contributed by atoms with Gasteiger partial charge in [-0.1, -0.05) is 0 Å². The monoisotopic (exact) mass is 521 g/mol. The van der Waals surface area contributed by atoms with Crippen molar-refractivity contribution >= 4 is 22.0 Å². The molecule has 0 spiro atoms. The predicted molar refractivity (Wildman–Crippen MR) is 131 cm³/mol. The molecule has 1 heterocycles. The minimum absolute atomic E-state index is 0.999. The summed E-state index contributed by atoms with van der Waals surface area (Å²) in [5.74, 6) is 0.999. The number of benzene rings is 1. The molecule has 168 valence electrons. The maximum atomic E-state index is 5.43. The van der Waals surface area contributed by atoms with Gasteiger partial charge in [-0.25, -0.2) is 0 Å². The van der Waals surface area contributed by atoms with Crippen molar-refractivity contribution < 1.29 is 9.30 Å². The molecule has 0 saturated heterocycles. The number of nitrogens with zero attached hydrogens (tertiary/aromatic N) is 2. The van der Waals surface area contributed by atoms with E-state index in [0.29, 0.717) is 0 Å². The molecule has 2 rings (SSSR count). The summed E-state index contributed by atoms with van der Waals surface area (Å²) in [7, 11) is 1.77. The molecule has 0 aliphatic carbocycles. The van der Waals surface area contributed by atoms with E-state index in [1.165, 1.54) is 64.7 Å². The number of rotatable bonds is 16. The summed E-state index contributed by atoms with van der Waals surface area (Å²) < 4.78 is 16.3. The normalized spacial score (nSPS) is 11.7. The van der Waals surface area contributed by atoms with Gasteiger partial charge in [-0.2, -0.15) is 0 Å². The Hall–Kier alpha value is -0.971. The van der Waals surface area contributed by atoms with Gasteiger partial charge in [0.05, 0.1) is 0 Å². The van der Waals surface area contributed by atoms with Crippen LogP contribution in [0.5, 0.6) is 5.75 Å². The molecule has 0 fully saturated rings. The van der Waals surface area contributed by atoms with E-state index in [0.717, 1.165) is 18.8 Å². The van der Waals surface area contributed by atoms with E-state index in [1.807, 2.05) is 0 Å². The molecule has 0 saturated carbocycles. The van der Waals surface area contributed by atoms with Gasteiger partial charge >= 0.3 is 190 Å². The molecule has 1 aromatic heterocycles. The second kappa shape index (κ2) is 14.2. The average Bonchev–Trinajstić information content (AvgIpc) is 3.25. The third-order valence-corrected chi connectivity index (χ3v) is 22.3. The molecule has 3 nitrogen and oxygen atoms in total. The number of hydrogen-bond donors (Lipinski definition) is 0. The van der Waals surface area contributed by atoms with Crippen molar-refractivity contribution in [2.45, 2.75) is 98.5 Å². The van der Waals surface area contributed by atoms with Gasteiger partial charge in [0.1, 0.15) is 0 Å². The fraction of sp³-hybridized carbons (Fsp3) is 0.654. The van der Waals surface area contributed by atoms with Gasteiger partial charge in [-0.15, -0.1) is 0 Å². The van der Waals surface area contributed by atoms with Crippen LogP contribution >= 0.6 is 0 Å². The van der Waals surface area contributed by atoms with Crippen LogP contribution in [0.15, 0.2) is 43.0 Å². The summed E-state index contributed by atoms with van der Waals surface area (Å²) in [5, 5.41) is 0. The standard InChI is InChI=1S/C11H20N2.C7H7O.2C4H9.Sn/c1-3-5-6-7-8-13-10-9-12(4-2)11-13;1-8-7-5-3-2-4-6-7;2*1-3-4-2;/h9-11H,1,3-8H2,2H3;3-6H,1H3;2*1,3-4H2,2H3;/q+1;;;;. The second-order valence-electron chi connectivity index (χ2n) is 8.86. The Labute approximate surface area is 189 Å². The first-order valence-corrected chi connectivity index (χ1v) is 19.8. The van der Waals surface area contributed by atoms with E-state index < -0.39 is 18.4 Å². The average molecular weight is 520 g/mol. The van der Waals surface area contributed by atoms with E-state index in [4.69, 9.17) is 4.74 Å². The molecule has 1 aromatic carbocycles. The van der Waals surface area contributed by atoms with Crippen LogP contribution in [0.25, 0.3) is 0 Å². The molecule has 30 heavy (non-hydrogen) atoms. The van der Waals surface area contributed by atoms with Crippen LogP contribution in [0.4, 0.5) is 0 Å². The summed E-state index contributed by atoms with van der Waals surface area (Å²) >= 11 is -2.35. The SMILES string of the molecule is CCC[CH2][Sn]([CH2]CCC)([CH2]CCCCC[n+]1ccn(CC)c1)[c]1ccc(OC)cc1. The van der Waals surface area contributed by atoms with Gasteiger partial charge < -0.3 is 0 Å². The molecule has 2 aromatic rings. The first-order chi connectivity index (χ1) is 14.7. The van der Waals surface area contributed by atoms with Crippen LogP contribution in [0, 0.1) is 0 Å². The molecule has 0 bridgehead atoms. The molecule has 0 radical (unpaired) electrons. The van der Waals surface area contributed by atoms with Gasteiger partial charge in [-0.05, 0) is 0 Å². The molecule has 0 N–H and O–H groups in total. The van der Waals surface area contributed by atoms with Crippen LogP contribution in [-0.2, 0) is 13.1 Å². The zero-order valence-corrected chi connectivity index (χ0v) is 22.9. The Morgan fingerprint density at radius 2 is 1.47 bits per heavy atom. The first-order valence-electron chi connectivity index (χ1n) is 12.4. The molecular formula is C26H45N2OSn+. The summed E-state index contributed by atoms with van der Waals surface area (Å²) in [6.07, 6.45) is 17.6. The molecule has 0 unspecified atom stereocenters. The van der Waals surface area contributed by atoms with Crippen molar-refractivity contribution in [1.29, 1.82) is 0 Å². The van der Waals surface area contributed by atoms with Crippen LogP contribution in [0.1, 0.15) is 72.1 Å². The van der Waals surface area contributed by atoms with E-state index in [9.17, 15) is 0 Å². The van der Waals surface area contributed by atoms with Crippen molar-refractivity contribution in [2.24, 2.45) is 0 Å². The van der Waals surface area contributed by atoms with E-state index >= 15 is 0 Å². The zero-order valence-electron chi connectivity index (χ0n) is 20.0.